The number of ether oxygens (including phenoxy) is 1. The molecule has 0 bridgehead atoms. The van der Waals surface area contributed by atoms with Gasteiger partial charge in [0.1, 0.15) is 5.75 Å². The summed E-state index contributed by atoms with van der Waals surface area (Å²) in [5, 5.41) is 3.06. The van der Waals surface area contributed by atoms with Crippen LogP contribution in [0.25, 0.3) is 0 Å². The molecule has 1 N–H and O–H groups in total. The Labute approximate surface area is 171 Å². The summed E-state index contributed by atoms with van der Waals surface area (Å²) in [5.74, 6) is 1.66. The van der Waals surface area contributed by atoms with Gasteiger partial charge in [0.25, 0.3) is 5.91 Å². The zero-order valence-corrected chi connectivity index (χ0v) is 17.0. The topological polar surface area (TPSA) is 38.3 Å². The molecular weight excluding hydrogens is 366 g/mol. The van der Waals surface area contributed by atoms with Crippen LogP contribution in [-0.2, 0) is 5.75 Å². The molecule has 0 radical (unpaired) electrons. The molecule has 0 aliphatic rings. The maximum Gasteiger partial charge on any atom is 0.251 e. The number of carbonyl (C=O) groups is 1. The van der Waals surface area contributed by atoms with E-state index in [1.807, 2.05) is 80.6 Å². The summed E-state index contributed by atoms with van der Waals surface area (Å²) in [6.07, 6.45) is 0. The fraction of sp³-hybridized carbons (Fsp3) is 0.208. The van der Waals surface area contributed by atoms with Crippen LogP contribution in [0.3, 0.4) is 0 Å². The lowest BCUT2D eigenvalue weighted by molar-refractivity contribution is 0.0940. The Hall–Kier alpha value is -2.72. The minimum Gasteiger partial charge on any atom is -0.494 e. The van der Waals surface area contributed by atoms with Gasteiger partial charge >= 0.3 is 0 Å². The van der Waals surface area contributed by atoms with E-state index in [-0.39, 0.29) is 11.9 Å². The summed E-state index contributed by atoms with van der Waals surface area (Å²) < 4.78 is 5.46. The highest BCUT2D eigenvalue weighted by molar-refractivity contribution is 7.98. The summed E-state index contributed by atoms with van der Waals surface area (Å²) >= 11 is 1.79. The number of amides is 1. The largest absolute Gasteiger partial charge is 0.494 e. The molecule has 1 amide bonds. The first kappa shape index (κ1) is 20.0. The Morgan fingerprint density at radius 2 is 1.64 bits per heavy atom. The van der Waals surface area contributed by atoms with E-state index in [9.17, 15) is 4.79 Å². The van der Waals surface area contributed by atoms with Gasteiger partial charge in [-0.1, -0.05) is 42.5 Å². The van der Waals surface area contributed by atoms with E-state index < -0.39 is 0 Å². The van der Waals surface area contributed by atoms with Gasteiger partial charge < -0.3 is 10.1 Å². The minimum atomic E-state index is -0.0727. The molecule has 4 heteroatoms. The van der Waals surface area contributed by atoms with Crippen LogP contribution in [0.2, 0.25) is 0 Å². The van der Waals surface area contributed by atoms with Crippen LogP contribution in [-0.4, -0.2) is 12.5 Å². The van der Waals surface area contributed by atoms with Gasteiger partial charge in [-0.2, -0.15) is 0 Å². The molecule has 0 heterocycles. The van der Waals surface area contributed by atoms with Gasteiger partial charge in [-0.15, -0.1) is 11.8 Å². The second-order valence-electron chi connectivity index (χ2n) is 6.50. The van der Waals surface area contributed by atoms with Gasteiger partial charge in [0.05, 0.1) is 12.6 Å². The molecular formula is C24H25NO2S. The fourth-order valence-corrected chi connectivity index (χ4v) is 3.69. The molecule has 144 valence electrons. The van der Waals surface area contributed by atoms with E-state index in [0.29, 0.717) is 12.2 Å². The summed E-state index contributed by atoms with van der Waals surface area (Å²) in [6.45, 7) is 4.59. The Bertz CT molecular complexity index is 877. The average molecular weight is 392 g/mol. The first-order valence-corrected chi connectivity index (χ1v) is 10.4. The molecule has 0 spiro atoms. The van der Waals surface area contributed by atoms with Gasteiger partial charge in [0, 0.05) is 16.2 Å². The third-order valence-corrected chi connectivity index (χ3v) is 5.49. The second-order valence-corrected chi connectivity index (χ2v) is 7.54. The van der Waals surface area contributed by atoms with E-state index in [2.05, 4.69) is 17.4 Å². The SMILES string of the molecule is CCOc1ccc([C@@H](C)NC(=O)c2ccc(CSc3ccccc3)cc2)cc1. The third-order valence-electron chi connectivity index (χ3n) is 4.40. The molecule has 3 nitrogen and oxygen atoms in total. The van der Waals surface area contributed by atoms with Crippen molar-refractivity contribution in [2.75, 3.05) is 6.61 Å². The van der Waals surface area contributed by atoms with Crippen molar-refractivity contribution in [1.29, 1.82) is 0 Å². The number of rotatable bonds is 8. The number of carbonyl (C=O) groups excluding carboxylic acids is 1. The van der Waals surface area contributed by atoms with E-state index in [1.54, 1.807) is 11.8 Å². The first-order valence-electron chi connectivity index (χ1n) is 9.46. The van der Waals surface area contributed by atoms with Crippen LogP contribution >= 0.6 is 11.8 Å². The third kappa shape index (κ3) is 5.64. The first-order chi connectivity index (χ1) is 13.7. The zero-order chi connectivity index (χ0) is 19.8. The number of nitrogens with one attached hydrogen (secondary N) is 1. The molecule has 3 aromatic rings. The highest BCUT2D eigenvalue weighted by atomic mass is 32.2. The van der Waals surface area contributed by atoms with Crippen LogP contribution in [0.5, 0.6) is 5.75 Å². The van der Waals surface area contributed by atoms with Gasteiger partial charge in [0.2, 0.25) is 0 Å². The molecule has 0 saturated carbocycles. The van der Waals surface area contributed by atoms with Crippen LogP contribution in [0.4, 0.5) is 0 Å². The number of hydrogen-bond acceptors (Lipinski definition) is 3. The van der Waals surface area contributed by atoms with Gasteiger partial charge in [0.15, 0.2) is 0 Å². The second kappa shape index (κ2) is 10.00. The number of hydrogen-bond donors (Lipinski definition) is 1. The lowest BCUT2D eigenvalue weighted by Gasteiger charge is -2.15. The lowest BCUT2D eigenvalue weighted by Crippen LogP contribution is -2.26. The molecule has 1 atom stereocenters. The monoisotopic (exact) mass is 391 g/mol. The Morgan fingerprint density at radius 3 is 2.29 bits per heavy atom. The molecule has 0 aliphatic carbocycles. The quantitative estimate of drug-likeness (QED) is 0.488. The average Bonchev–Trinajstić information content (AvgIpc) is 2.74. The van der Waals surface area contributed by atoms with Crippen molar-refractivity contribution in [2.24, 2.45) is 0 Å². The van der Waals surface area contributed by atoms with Crippen molar-refractivity contribution < 1.29 is 9.53 Å². The normalized spacial score (nSPS) is 11.6. The Balaban J connectivity index is 1.55. The van der Waals surface area contributed by atoms with Crippen molar-refractivity contribution in [3.63, 3.8) is 0 Å². The maximum absolute atomic E-state index is 12.5. The van der Waals surface area contributed by atoms with Crippen LogP contribution in [0.1, 0.15) is 41.4 Å². The summed E-state index contributed by atoms with van der Waals surface area (Å²) in [6, 6.07) is 25.9. The van der Waals surface area contributed by atoms with Crippen molar-refractivity contribution in [3.05, 3.63) is 95.6 Å². The zero-order valence-electron chi connectivity index (χ0n) is 16.2. The van der Waals surface area contributed by atoms with E-state index in [0.717, 1.165) is 17.1 Å². The van der Waals surface area contributed by atoms with Gasteiger partial charge in [-0.3, -0.25) is 4.79 Å². The minimum absolute atomic E-state index is 0.0661. The molecule has 0 fully saturated rings. The van der Waals surface area contributed by atoms with Gasteiger partial charge in [-0.25, -0.2) is 0 Å². The predicted molar refractivity (Wildman–Crippen MR) is 116 cm³/mol. The molecule has 0 unspecified atom stereocenters. The van der Waals surface area contributed by atoms with Crippen LogP contribution in [0.15, 0.2) is 83.8 Å². The lowest BCUT2D eigenvalue weighted by atomic mass is 10.1. The molecule has 0 saturated heterocycles. The number of benzene rings is 3. The summed E-state index contributed by atoms with van der Waals surface area (Å²) in [4.78, 5) is 13.8. The highest BCUT2D eigenvalue weighted by Gasteiger charge is 2.11. The highest BCUT2D eigenvalue weighted by Crippen LogP contribution is 2.23. The number of thioether (sulfide) groups is 1. The molecule has 3 aromatic carbocycles. The van der Waals surface area contributed by atoms with Gasteiger partial charge in [-0.05, 0) is 61.4 Å². The van der Waals surface area contributed by atoms with E-state index in [1.165, 1.54) is 10.5 Å². The smallest absolute Gasteiger partial charge is 0.251 e. The maximum atomic E-state index is 12.5. The molecule has 28 heavy (non-hydrogen) atoms. The summed E-state index contributed by atoms with van der Waals surface area (Å²) in [7, 11) is 0. The standard InChI is InChI=1S/C24H25NO2S/c1-3-27-22-15-13-20(14-16-22)18(2)25-24(26)21-11-9-19(10-12-21)17-28-23-7-5-4-6-8-23/h4-16,18H,3,17H2,1-2H3,(H,25,26)/t18-/m1/s1. The van der Waals surface area contributed by atoms with E-state index >= 15 is 0 Å². The summed E-state index contributed by atoms with van der Waals surface area (Å²) in [5.41, 5.74) is 2.92. The molecule has 3 rings (SSSR count). The van der Waals surface area contributed by atoms with Crippen molar-refractivity contribution in [3.8, 4) is 5.75 Å². The fourth-order valence-electron chi connectivity index (χ4n) is 2.82. The molecule has 0 aliphatic heterocycles. The van der Waals surface area contributed by atoms with E-state index in [4.69, 9.17) is 4.74 Å². The van der Waals surface area contributed by atoms with Crippen LogP contribution < -0.4 is 10.1 Å². The predicted octanol–water partition coefficient (Wildman–Crippen LogP) is 5.87. The van der Waals surface area contributed by atoms with Crippen molar-refractivity contribution in [1.82, 2.24) is 5.32 Å². The van der Waals surface area contributed by atoms with Crippen molar-refractivity contribution >= 4 is 17.7 Å². The Kier molecular flexibility index (Phi) is 7.15. The molecule has 0 aromatic heterocycles. The van der Waals surface area contributed by atoms with Crippen LogP contribution in [0, 0.1) is 0 Å². The Morgan fingerprint density at radius 1 is 0.964 bits per heavy atom. The van der Waals surface area contributed by atoms with Crippen molar-refractivity contribution in [2.45, 2.75) is 30.5 Å².